The van der Waals surface area contributed by atoms with Crippen molar-refractivity contribution >= 4 is 31.9 Å². The molecule has 0 spiro atoms. The molecule has 0 bridgehead atoms. The molecule has 2 rings (SSSR count). The van der Waals surface area contributed by atoms with Crippen LogP contribution in [0.25, 0.3) is 0 Å². The number of nitrogens with one attached hydrogen (secondary N) is 1. The zero-order chi connectivity index (χ0) is 11.6. The minimum Gasteiger partial charge on any atom is -0.394 e. The van der Waals surface area contributed by atoms with E-state index in [2.05, 4.69) is 49.3 Å². The van der Waals surface area contributed by atoms with Gasteiger partial charge in [-0.3, -0.25) is 0 Å². The van der Waals surface area contributed by atoms with Crippen LogP contribution < -0.4 is 5.32 Å². The van der Waals surface area contributed by atoms with Crippen LogP contribution in [0, 0.1) is 0 Å². The zero-order valence-corrected chi connectivity index (χ0v) is 12.1. The highest BCUT2D eigenvalue weighted by atomic mass is 79.9. The fraction of sp³-hybridized carbons (Fsp3) is 0.500. The van der Waals surface area contributed by atoms with Crippen molar-refractivity contribution in [3.05, 3.63) is 32.7 Å². The third-order valence-electron chi connectivity index (χ3n) is 3.26. The molecule has 0 radical (unpaired) electrons. The van der Waals surface area contributed by atoms with Crippen molar-refractivity contribution in [1.82, 2.24) is 5.32 Å². The van der Waals surface area contributed by atoms with Crippen molar-refractivity contribution < 1.29 is 5.11 Å². The number of halogens is 2. The van der Waals surface area contributed by atoms with Crippen molar-refractivity contribution in [3.63, 3.8) is 0 Å². The highest BCUT2D eigenvalue weighted by Gasteiger charge is 2.35. The number of hydrogen-bond donors (Lipinski definition) is 2. The predicted molar refractivity (Wildman–Crippen MR) is 72.3 cm³/mol. The Balaban J connectivity index is 1.96. The average Bonchev–Trinajstić information content (AvgIpc) is 2.22. The number of hydrogen-bond acceptors (Lipinski definition) is 2. The van der Waals surface area contributed by atoms with E-state index in [1.165, 1.54) is 12.0 Å². The molecule has 0 aromatic heterocycles. The Labute approximate surface area is 113 Å². The maximum absolute atomic E-state index is 9.33. The smallest absolute Gasteiger partial charge is 0.0613 e. The van der Waals surface area contributed by atoms with Gasteiger partial charge in [0, 0.05) is 21.0 Å². The van der Waals surface area contributed by atoms with Crippen LogP contribution in [0.1, 0.15) is 24.8 Å². The van der Waals surface area contributed by atoms with Gasteiger partial charge in [0.2, 0.25) is 0 Å². The molecule has 1 fully saturated rings. The molecule has 2 nitrogen and oxygen atoms in total. The summed E-state index contributed by atoms with van der Waals surface area (Å²) in [5, 5.41) is 12.8. The second kappa shape index (κ2) is 5.17. The van der Waals surface area contributed by atoms with Crippen molar-refractivity contribution in [1.29, 1.82) is 0 Å². The van der Waals surface area contributed by atoms with Gasteiger partial charge in [0.05, 0.1) is 6.61 Å². The first-order valence-corrected chi connectivity index (χ1v) is 7.04. The topological polar surface area (TPSA) is 32.3 Å². The summed E-state index contributed by atoms with van der Waals surface area (Å²) in [6.45, 7) is 1.05. The van der Waals surface area contributed by atoms with Crippen LogP contribution in [0.3, 0.4) is 0 Å². The number of benzene rings is 1. The average molecular weight is 349 g/mol. The summed E-state index contributed by atoms with van der Waals surface area (Å²) in [5.74, 6) is 0. The summed E-state index contributed by atoms with van der Waals surface area (Å²) in [7, 11) is 0. The molecule has 0 atom stereocenters. The molecule has 1 aliphatic carbocycles. The van der Waals surface area contributed by atoms with Crippen molar-refractivity contribution in [2.75, 3.05) is 6.61 Å². The highest BCUT2D eigenvalue weighted by molar-refractivity contribution is 9.13. The largest absolute Gasteiger partial charge is 0.394 e. The van der Waals surface area contributed by atoms with Crippen molar-refractivity contribution in [2.24, 2.45) is 0 Å². The van der Waals surface area contributed by atoms with E-state index in [0.29, 0.717) is 0 Å². The molecule has 4 heteroatoms. The van der Waals surface area contributed by atoms with E-state index in [4.69, 9.17) is 0 Å². The number of rotatable bonds is 4. The van der Waals surface area contributed by atoms with E-state index < -0.39 is 0 Å². The van der Waals surface area contributed by atoms with Crippen LogP contribution >= 0.6 is 31.9 Å². The summed E-state index contributed by atoms with van der Waals surface area (Å²) in [4.78, 5) is 0. The lowest BCUT2D eigenvalue weighted by Gasteiger charge is -2.41. The van der Waals surface area contributed by atoms with Crippen LogP contribution in [0.15, 0.2) is 27.1 Å². The molecule has 0 aliphatic heterocycles. The summed E-state index contributed by atoms with van der Waals surface area (Å²) in [6, 6.07) is 6.22. The molecular weight excluding hydrogens is 334 g/mol. The third kappa shape index (κ3) is 2.67. The standard InChI is InChI=1S/C12H15Br2NO/c13-10-3-2-9(6-11(10)14)7-15-12(8-16)4-1-5-12/h2-3,6,15-16H,1,4-5,7-8H2. The second-order valence-electron chi connectivity index (χ2n) is 4.39. The Hall–Kier alpha value is 0.1000. The summed E-state index contributed by atoms with van der Waals surface area (Å²) in [6.07, 6.45) is 3.39. The maximum Gasteiger partial charge on any atom is 0.0613 e. The van der Waals surface area contributed by atoms with Gasteiger partial charge >= 0.3 is 0 Å². The van der Waals surface area contributed by atoms with E-state index in [1.54, 1.807) is 0 Å². The highest BCUT2D eigenvalue weighted by Crippen LogP contribution is 2.31. The molecule has 0 amide bonds. The summed E-state index contributed by atoms with van der Waals surface area (Å²) >= 11 is 6.94. The number of aliphatic hydroxyl groups is 1. The minimum atomic E-state index is -0.0143. The molecule has 1 aliphatic rings. The summed E-state index contributed by atoms with van der Waals surface area (Å²) in [5.41, 5.74) is 1.22. The van der Waals surface area contributed by atoms with Crippen LogP contribution in [-0.4, -0.2) is 17.3 Å². The quantitative estimate of drug-likeness (QED) is 0.875. The van der Waals surface area contributed by atoms with Gasteiger partial charge in [0.25, 0.3) is 0 Å². The van der Waals surface area contributed by atoms with Gasteiger partial charge in [0.15, 0.2) is 0 Å². The molecule has 0 heterocycles. The van der Waals surface area contributed by atoms with E-state index in [0.717, 1.165) is 28.3 Å². The maximum atomic E-state index is 9.33. The first-order chi connectivity index (χ1) is 7.65. The van der Waals surface area contributed by atoms with Crippen LogP contribution in [0.2, 0.25) is 0 Å². The molecular formula is C12H15Br2NO. The summed E-state index contributed by atoms with van der Waals surface area (Å²) < 4.78 is 2.13. The lowest BCUT2D eigenvalue weighted by Crippen LogP contribution is -2.53. The normalized spacial score (nSPS) is 18.2. The molecule has 1 saturated carbocycles. The van der Waals surface area contributed by atoms with Crippen LogP contribution in [-0.2, 0) is 6.54 Å². The van der Waals surface area contributed by atoms with Crippen LogP contribution in [0.5, 0.6) is 0 Å². The van der Waals surface area contributed by atoms with Gasteiger partial charge in [0.1, 0.15) is 0 Å². The van der Waals surface area contributed by atoms with Gasteiger partial charge in [-0.05, 0) is 68.8 Å². The first-order valence-electron chi connectivity index (χ1n) is 5.45. The molecule has 88 valence electrons. The predicted octanol–water partition coefficient (Wildman–Crippen LogP) is 3.22. The Morgan fingerprint density at radius 1 is 1.25 bits per heavy atom. The Morgan fingerprint density at radius 2 is 2.00 bits per heavy atom. The van der Waals surface area contributed by atoms with Crippen LogP contribution in [0.4, 0.5) is 0 Å². The molecule has 0 saturated heterocycles. The molecule has 0 unspecified atom stereocenters. The third-order valence-corrected chi connectivity index (χ3v) is 5.14. The van der Waals surface area contributed by atoms with E-state index in [1.807, 2.05) is 6.07 Å². The molecule has 1 aromatic rings. The zero-order valence-electron chi connectivity index (χ0n) is 8.97. The fourth-order valence-electron chi connectivity index (χ4n) is 1.93. The lowest BCUT2D eigenvalue weighted by atomic mass is 9.77. The Kier molecular flexibility index (Phi) is 4.06. The number of aliphatic hydroxyl groups excluding tert-OH is 1. The van der Waals surface area contributed by atoms with E-state index in [9.17, 15) is 5.11 Å². The van der Waals surface area contributed by atoms with Crippen molar-refractivity contribution in [3.8, 4) is 0 Å². The molecule has 2 N–H and O–H groups in total. The SMILES string of the molecule is OCC1(NCc2ccc(Br)c(Br)c2)CCC1. The molecule has 1 aromatic carbocycles. The van der Waals surface area contributed by atoms with E-state index in [-0.39, 0.29) is 12.1 Å². The molecule has 16 heavy (non-hydrogen) atoms. The monoisotopic (exact) mass is 347 g/mol. The van der Waals surface area contributed by atoms with Gasteiger partial charge in [-0.15, -0.1) is 0 Å². The van der Waals surface area contributed by atoms with Gasteiger partial charge in [-0.25, -0.2) is 0 Å². The van der Waals surface area contributed by atoms with Gasteiger partial charge < -0.3 is 10.4 Å². The Morgan fingerprint density at radius 3 is 2.50 bits per heavy atom. The van der Waals surface area contributed by atoms with E-state index >= 15 is 0 Å². The fourth-order valence-corrected chi connectivity index (χ4v) is 2.61. The second-order valence-corrected chi connectivity index (χ2v) is 6.10. The van der Waals surface area contributed by atoms with Gasteiger partial charge in [-0.2, -0.15) is 0 Å². The van der Waals surface area contributed by atoms with Gasteiger partial charge in [-0.1, -0.05) is 6.07 Å². The minimum absolute atomic E-state index is 0.0143. The lowest BCUT2D eigenvalue weighted by molar-refractivity contribution is 0.0872. The van der Waals surface area contributed by atoms with Crippen molar-refractivity contribution in [2.45, 2.75) is 31.3 Å². The Bertz CT molecular complexity index is 372. The first kappa shape index (κ1) is 12.6.